The largest absolute Gasteiger partial charge is 0.287 e. The van der Waals surface area contributed by atoms with Gasteiger partial charge in [0.2, 0.25) is 5.78 Å². The summed E-state index contributed by atoms with van der Waals surface area (Å²) in [6, 6.07) is 6.64. The van der Waals surface area contributed by atoms with Crippen LogP contribution in [0.1, 0.15) is 21.6 Å². The van der Waals surface area contributed by atoms with Crippen molar-refractivity contribution in [3.63, 3.8) is 0 Å². The molecule has 0 saturated carbocycles. The van der Waals surface area contributed by atoms with Crippen molar-refractivity contribution in [2.45, 2.75) is 6.92 Å². The number of halogens is 2. The highest BCUT2D eigenvalue weighted by Crippen LogP contribution is 2.17. The average Bonchev–Trinajstić information content (AvgIpc) is 2.29. The number of pyridine rings is 1. The molecule has 17 heavy (non-hydrogen) atoms. The second-order valence-electron chi connectivity index (χ2n) is 3.59. The van der Waals surface area contributed by atoms with E-state index in [2.05, 4.69) is 4.98 Å². The van der Waals surface area contributed by atoms with E-state index in [1.54, 1.807) is 19.1 Å². The molecule has 0 aliphatic heterocycles. The maximum Gasteiger partial charge on any atom is 0.217 e. The Balaban J connectivity index is 2.56. The molecule has 1 heterocycles. The lowest BCUT2D eigenvalue weighted by atomic mass is 10.0. The third kappa shape index (κ3) is 2.06. The molecule has 0 aliphatic rings. The topological polar surface area (TPSA) is 30.0 Å². The van der Waals surface area contributed by atoms with E-state index in [1.807, 2.05) is 0 Å². The highest BCUT2D eigenvalue weighted by Gasteiger charge is 2.20. The zero-order chi connectivity index (χ0) is 12.4. The van der Waals surface area contributed by atoms with Crippen LogP contribution in [0.4, 0.5) is 8.78 Å². The molecule has 86 valence electrons. The van der Waals surface area contributed by atoms with E-state index < -0.39 is 23.0 Å². The van der Waals surface area contributed by atoms with Gasteiger partial charge in [-0.2, -0.15) is 0 Å². The number of benzene rings is 1. The molecular weight excluding hydrogens is 224 g/mol. The molecule has 2 nitrogen and oxygen atoms in total. The maximum absolute atomic E-state index is 13.4. The zero-order valence-corrected chi connectivity index (χ0v) is 9.08. The Bertz CT molecular complexity index is 561. The van der Waals surface area contributed by atoms with Crippen molar-refractivity contribution in [3.05, 3.63) is 65.0 Å². The van der Waals surface area contributed by atoms with Crippen molar-refractivity contribution in [1.82, 2.24) is 4.98 Å². The van der Waals surface area contributed by atoms with Gasteiger partial charge in [0.1, 0.15) is 17.3 Å². The fraction of sp³-hybridized carbons (Fsp3) is 0.0769. The molecule has 0 aliphatic carbocycles. The van der Waals surface area contributed by atoms with Gasteiger partial charge < -0.3 is 0 Å². The van der Waals surface area contributed by atoms with Gasteiger partial charge in [-0.25, -0.2) is 8.78 Å². The summed E-state index contributed by atoms with van der Waals surface area (Å²) in [5.74, 6) is -2.49. The number of rotatable bonds is 2. The number of carbonyl (C=O) groups is 1. The predicted octanol–water partition coefficient (Wildman–Crippen LogP) is 2.90. The number of carbonyl (C=O) groups excluding carboxylic acids is 1. The van der Waals surface area contributed by atoms with Gasteiger partial charge >= 0.3 is 0 Å². The van der Waals surface area contributed by atoms with Crippen LogP contribution in [-0.2, 0) is 0 Å². The van der Waals surface area contributed by atoms with Crippen molar-refractivity contribution in [2.75, 3.05) is 0 Å². The van der Waals surface area contributed by atoms with E-state index in [0.29, 0.717) is 5.56 Å². The number of hydrogen-bond acceptors (Lipinski definition) is 2. The predicted molar refractivity (Wildman–Crippen MR) is 58.8 cm³/mol. The normalized spacial score (nSPS) is 10.3. The number of ketones is 1. The van der Waals surface area contributed by atoms with Crippen LogP contribution in [0.5, 0.6) is 0 Å². The zero-order valence-electron chi connectivity index (χ0n) is 9.08. The van der Waals surface area contributed by atoms with Crippen LogP contribution in [0.15, 0.2) is 36.5 Å². The molecule has 2 rings (SSSR count). The Morgan fingerprint density at radius 3 is 2.35 bits per heavy atom. The highest BCUT2D eigenvalue weighted by atomic mass is 19.1. The van der Waals surface area contributed by atoms with Gasteiger partial charge in [-0.1, -0.05) is 12.1 Å². The lowest BCUT2D eigenvalue weighted by molar-refractivity contribution is 0.102. The van der Waals surface area contributed by atoms with E-state index in [-0.39, 0.29) is 5.69 Å². The van der Waals surface area contributed by atoms with E-state index in [4.69, 9.17) is 0 Å². The van der Waals surface area contributed by atoms with Crippen LogP contribution >= 0.6 is 0 Å². The summed E-state index contributed by atoms with van der Waals surface area (Å²) in [5, 5.41) is 0. The SMILES string of the molecule is Cc1cccnc1C(=O)c1c(F)cccc1F. The Hall–Kier alpha value is -2.10. The molecule has 1 aromatic heterocycles. The monoisotopic (exact) mass is 233 g/mol. The number of hydrogen-bond donors (Lipinski definition) is 0. The second kappa shape index (κ2) is 4.41. The standard InChI is InChI=1S/C13H9F2NO/c1-8-4-3-7-16-12(8)13(17)11-9(14)5-2-6-10(11)15/h2-7H,1H3. The van der Waals surface area contributed by atoms with E-state index in [9.17, 15) is 13.6 Å². The summed E-state index contributed by atoms with van der Waals surface area (Å²) in [4.78, 5) is 15.8. The molecule has 0 N–H and O–H groups in total. The van der Waals surface area contributed by atoms with Gasteiger partial charge in [-0.05, 0) is 30.7 Å². The van der Waals surface area contributed by atoms with Gasteiger partial charge in [0.25, 0.3) is 0 Å². The van der Waals surface area contributed by atoms with Crippen LogP contribution in [-0.4, -0.2) is 10.8 Å². The summed E-state index contributed by atoms with van der Waals surface area (Å²) in [5.41, 5.74) is 0.0888. The second-order valence-corrected chi connectivity index (χ2v) is 3.59. The fourth-order valence-corrected chi connectivity index (χ4v) is 1.56. The number of nitrogens with zero attached hydrogens (tertiary/aromatic N) is 1. The minimum absolute atomic E-state index is 0.0662. The van der Waals surface area contributed by atoms with Crippen LogP contribution in [0.2, 0.25) is 0 Å². The molecule has 0 fully saturated rings. The molecule has 0 radical (unpaired) electrons. The van der Waals surface area contributed by atoms with E-state index >= 15 is 0 Å². The van der Waals surface area contributed by atoms with Crippen molar-refractivity contribution in [2.24, 2.45) is 0 Å². The summed E-state index contributed by atoms with van der Waals surface area (Å²) in [6.07, 6.45) is 1.42. The Kier molecular flexibility index (Phi) is 2.95. The Labute approximate surface area is 96.9 Å². The smallest absolute Gasteiger partial charge is 0.217 e. The first-order valence-corrected chi connectivity index (χ1v) is 5.01. The van der Waals surface area contributed by atoms with Crippen LogP contribution in [0.3, 0.4) is 0 Å². The maximum atomic E-state index is 13.4. The minimum Gasteiger partial charge on any atom is -0.287 e. The molecular formula is C13H9F2NO. The summed E-state index contributed by atoms with van der Waals surface area (Å²) < 4.78 is 26.9. The first-order chi connectivity index (χ1) is 8.11. The van der Waals surface area contributed by atoms with Gasteiger partial charge in [0.05, 0.1) is 5.56 Å². The number of aromatic nitrogens is 1. The fourth-order valence-electron chi connectivity index (χ4n) is 1.56. The van der Waals surface area contributed by atoms with Gasteiger partial charge in [0, 0.05) is 6.20 Å². The molecule has 2 aromatic rings. The van der Waals surface area contributed by atoms with Crippen molar-refractivity contribution >= 4 is 5.78 Å². The molecule has 0 unspecified atom stereocenters. The van der Waals surface area contributed by atoms with Crippen molar-refractivity contribution in [1.29, 1.82) is 0 Å². The summed E-state index contributed by atoms with van der Waals surface area (Å²) in [7, 11) is 0. The van der Waals surface area contributed by atoms with Crippen LogP contribution in [0.25, 0.3) is 0 Å². The molecule has 0 bridgehead atoms. The lowest BCUT2D eigenvalue weighted by Gasteiger charge is -2.05. The van der Waals surface area contributed by atoms with Crippen LogP contribution < -0.4 is 0 Å². The summed E-state index contributed by atoms with van der Waals surface area (Å²) >= 11 is 0. The van der Waals surface area contributed by atoms with Crippen LogP contribution in [0, 0.1) is 18.6 Å². The minimum atomic E-state index is -0.875. The number of aryl methyl sites for hydroxylation is 1. The molecule has 0 atom stereocenters. The summed E-state index contributed by atoms with van der Waals surface area (Å²) in [6.45, 7) is 1.67. The Morgan fingerprint density at radius 1 is 1.12 bits per heavy atom. The van der Waals surface area contributed by atoms with Crippen molar-refractivity contribution < 1.29 is 13.6 Å². The molecule has 1 aromatic carbocycles. The Morgan fingerprint density at radius 2 is 1.76 bits per heavy atom. The van der Waals surface area contributed by atoms with Crippen molar-refractivity contribution in [3.8, 4) is 0 Å². The third-order valence-electron chi connectivity index (χ3n) is 2.41. The van der Waals surface area contributed by atoms with Gasteiger partial charge in [0.15, 0.2) is 0 Å². The highest BCUT2D eigenvalue weighted by molar-refractivity contribution is 6.08. The van der Waals surface area contributed by atoms with Gasteiger partial charge in [-0.3, -0.25) is 9.78 Å². The molecule has 0 amide bonds. The lowest BCUT2D eigenvalue weighted by Crippen LogP contribution is -2.10. The molecule has 4 heteroatoms. The molecule has 0 spiro atoms. The van der Waals surface area contributed by atoms with Gasteiger partial charge in [-0.15, -0.1) is 0 Å². The van der Waals surface area contributed by atoms with E-state index in [1.165, 1.54) is 12.3 Å². The third-order valence-corrected chi connectivity index (χ3v) is 2.41. The van der Waals surface area contributed by atoms with E-state index in [0.717, 1.165) is 12.1 Å². The first kappa shape index (κ1) is 11.4. The quantitative estimate of drug-likeness (QED) is 0.746. The average molecular weight is 233 g/mol. The first-order valence-electron chi connectivity index (χ1n) is 5.01. The molecule has 0 saturated heterocycles.